The summed E-state index contributed by atoms with van der Waals surface area (Å²) < 4.78 is 0. The maximum Gasteiger partial charge on any atom is 0.134 e. The first kappa shape index (κ1) is 13.2. The topological polar surface area (TPSA) is 45.2 Å². The average Bonchev–Trinajstić information content (AvgIpc) is 2.48. The molecule has 0 radical (unpaired) electrons. The maximum absolute atomic E-state index is 9.70. The summed E-state index contributed by atoms with van der Waals surface area (Å²) in [5, 5.41) is 15.5. The third-order valence-electron chi connectivity index (χ3n) is 4.51. The Labute approximate surface area is 120 Å². The van der Waals surface area contributed by atoms with Gasteiger partial charge in [-0.05, 0) is 42.3 Å². The Bertz CT molecular complexity index is 597. The number of fused-ring (bicyclic) bond motifs is 1. The van der Waals surface area contributed by atoms with E-state index in [2.05, 4.69) is 17.2 Å². The summed E-state index contributed by atoms with van der Waals surface area (Å²) in [5.74, 6) is 1.94. The largest absolute Gasteiger partial charge is 0.508 e. The van der Waals surface area contributed by atoms with E-state index in [4.69, 9.17) is 0 Å². The van der Waals surface area contributed by atoms with Crippen LogP contribution in [0.5, 0.6) is 5.75 Å². The lowest BCUT2D eigenvalue weighted by atomic mass is 9.83. The molecule has 3 nitrogen and oxygen atoms in total. The molecule has 1 aliphatic rings. The molecule has 1 fully saturated rings. The highest BCUT2D eigenvalue weighted by atomic mass is 16.3. The Morgan fingerprint density at radius 2 is 2.10 bits per heavy atom. The van der Waals surface area contributed by atoms with Gasteiger partial charge in [0.15, 0.2) is 0 Å². The van der Waals surface area contributed by atoms with Crippen molar-refractivity contribution < 1.29 is 5.11 Å². The molecule has 0 amide bonds. The molecular weight excluding hydrogens is 248 g/mol. The predicted octanol–water partition coefficient (Wildman–Crippen LogP) is 4.32. The van der Waals surface area contributed by atoms with Gasteiger partial charge in [0, 0.05) is 17.6 Å². The third-order valence-corrected chi connectivity index (χ3v) is 4.51. The van der Waals surface area contributed by atoms with Gasteiger partial charge in [0.05, 0.1) is 0 Å². The summed E-state index contributed by atoms with van der Waals surface area (Å²) in [4.78, 5) is 4.49. The highest BCUT2D eigenvalue weighted by molar-refractivity contribution is 5.92. The fraction of sp³-hybridized carbons (Fsp3) is 0.471. The molecule has 1 saturated carbocycles. The van der Waals surface area contributed by atoms with Gasteiger partial charge in [-0.25, -0.2) is 4.98 Å². The number of hydrogen-bond acceptors (Lipinski definition) is 3. The summed E-state index contributed by atoms with van der Waals surface area (Å²) in [6.07, 6.45) is 8.23. The standard InChI is InChI=1S/C17H22N2O/c1-2-12-5-3-4-6-16(12)19-17-15-11-14(20)8-7-13(15)9-10-18-17/h7-12,16,20H,2-6H2,1H3,(H,18,19). The second-order valence-electron chi connectivity index (χ2n) is 5.77. The molecule has 20 heavy (non-hydrogen) atoms. The average molecular weight is 270 g/mol. The van der Waals surface area contributed by atoms with Gasteiger partial charge in [0.1, 0.15) is 11.6 Å². The van der Waals surface area contributed by atoms with Crippen molar-refractivity contribution in [2.75, 3.05) is 5.32 Å². The van der Waals surface area contributed by atoms with E-state index in [1.807, 2.05) is 18.3 Å². The Kier molecular flexibility index (Phi) is 3.77. The molecule has 1 aliphatic carbocycles. The van der Waals surface area contributed by atoms with E-state index >= 15 is 0 Å². The molecule has 1 aromatic heterocycles. The van der Waals surface area contributed by atoms with Gasteiger partial charge in [-0.3, -0.25) is 0 Å². The van der Waals surface area contributed by atoms with Crippen LogP contribution in [-0.4, -0.2) is 16.1 Å². The lowest BCUT2D eigenvalue weighted by Gasteiger charge is -2.32. The Hall–Kier alpha value is -1.77. The molecule has 0 aliphatic heterocycles. The van der Waals surface area contributed by atoms with Gasteiger partial charge in [-0.1, -0.05) is 32.3 Å². The molecule has 0 bridgehead atoms. The Balaban J connectivity index is 1.91. The van der Waals surface area contributed by atoms with Crippen LogP contribution in [-0.2, 0) is 0 Å². The van der Waals surface area contributed by atoms with Gasteiger partial charge in [-0.2, -0.15) is 0 Å². The van der Waals surface area contributed by atoms with Crippen molar-refractivity contribution in [2.24, 2.45) is 5.92 Å². The van der Waals surface area contributed by atoms with Crippen molar-refractivity contribution in [3.63, 3.8) is 0 Å². The summed E-state index contributed by atoms with van der Waals surface area (Å²) in [6.45, 7) is 2.27. The number of phenols is 1. The fourth-order valence-corrected chi connectivity index (χ4v) is 3.33. The number of nitrogens with zero attached hydrogens (tertiary/aromatic N) is 1. The van der Waals surface area contributed by atoms with Crippen LogP contribution >= 0.6 is 0 Å². The van der Waals surface area contributed by atoms with Crippen LogP contribution in [0.3, 0.4) is 0 Å². The van der Waals surface area contributed by atoms with Gasteiger partial charge >= 0.3 is 0 Å². The number of rotatable bonds is 3. The molecule has 106 valence electrons. The number of pyridine rings is 1. The summed E-state index contributed by atoms with van der Waals surface area (Å²) in [6, 6.07) is 7.96. The molecule has 3 heteroatoms. The first-order valence-electron chi connectivity index (χ1n) is 7.62. The monoisotopic (exact) mass is 270 g/mol. The highest BCUT2D eigenvalue weighted by Gasteiger charge is 2.24. The Morgan fingerprint density at radius 3 is 2.95 bits per heavy atom. The molecule has 1 aromatic carbocycles. The molecule has 2 unspecified atom stereocenters. The summed E-state index contributed by atoms with van der Waals surface area (Å²) >= 11 is 0. The zero-order valence-corrected chi connectivity index (χ0v) is 12.0. The predicted molar refractivity (Wildman–Crippen MR) is 83.1 cm³/mol. The number of hydrogen-bond donors (Lipinski definition) is 2. The van der Waals surface area contributed by atoms with Crippen molar-refractivity contribution in [2.45, 2.75) is 45.1 Å². The second-order valence-corrected chi connectivity index (χ2v) is 5.77. The Morgan fingerprint density at radius 1 is 1.25 bits per heavy atom. The van der Waals surface area contributed by atoms with E-state index < -0.39 is 0 Å². The summed E-state index contributed by atoms with van der Waals surface area (Å²) in [5.41, 5.74) is 0. The smallest absolute Gasteiger partial charge is 0.134 e. The minimum absolute atomic E-state index is 0.296. The molecular formula is C17H22N2O. The molecule has 1 heterocycles. The zero-order valence-electron chi connectivity index (χ0n) is 12.0. The van der Waals surface area contributed by atoms with Crippen LogP contribution in [0.1, 0.15) is 39.0 Å². The van der Waals surface area contributed by atoms with Gasteiger partial charge in [-0.15, -0.1) is 0 Å². The number of nitrogens with one attached hydrogen (secondary N) is 1. The normalized spacial score (nSPS) is 22.9. The van der Waals surface area contributed by atoms with E-state index in [-0.39, 0.29) is 0 Å². The fourth-order valence-electron chi connectivity index (χ4n) is 3.33. The minimum Gasteiger partial charge on any atom is -0.508 e. The van der Waals surface area contributed by atoms with Crippen molar-refractivity contribution in [3.05, 3.63) is 30.5 Å². The van der Waals surface area contributed by atoms with Crippen LogP contribution in [0.2, 0.25) is 0 Å². The van der Waals surface area contributed by atoms with E-state index in [1.54, 1.807) is 12.1 Å². The van der Waals surface area contributed by atoms with Gasteiger partial charge in [0.25, 0.3) is 0 Å². The van der Waals surface area contributed by atoms with Crippen molar-refractivity contribution in [3.8, 4) is 5.75 Å². The molecule has 2 aromatic rings. The number of aromatic hydroxyl groups is 1. The number of phenolic OH excluding ortho intramolecular Hbond substituents is 1. The summed E-state index contributed by atoms with van der Waals surface area (Å²) in [7, 11) is 0. The van der Waals surface area contributed by atoms with E-state index in [1.165, 1.54) is 32.1 Å². The molecule has 0 spiro atoms. The minimum atomic E-state index is 0.296. The first-order chi connectivity index (χ1) is 9.78. The molecule has 3 rings (SSSR count). The molecule has 2 atom stereocenters. The maximum atomic E-state index is 9.70. The quantitative estimate of drug-likeness (QED) is 0.873. The number of anilines is 1. The third kappa shape index (κ3) is 2.58. The number of benzene rings is 1. The van der Waals surface area contributed by atoms with Crippen LogP contribution in [0.15, 0.2) is 30.5 Å². The molecule has 2 N–H and O–H groups in total. The van der Waals surface area contributed by atoms with E-state index in [0.717, 1.165) is 22.5 Å². The molecule has 0 saturated heterocycles. The number of aromatic nitrogens is 1. The van der Waals surface area contributed by atoms with Gasteiger partial charge in [0.2, 0.25) is 0 Å². The van der Waals surface area contributed by atoms with Crippen LogP contribution in [0.25, 0.3) is 10.8 Å². The van der Waals surface area contributed by atoms with E-state index in [9.17, 15) is 5.11 Å². The van der Waals surface area contributed by atoms with Gasteiger partial charge < -0.3 is 10.4 Å². The SMILES string of the molecule is CCC1CCCCC1Nc1nccc2ccc(O)cc12. The lowest BCUT2D eigenvalue weighted by Crippen LogP contribution is -2.32. The van der Waals surface area contributed by atoms with Crippen LogP contribution in [0.4, 0.5) is 5.82 Å². The van der Waals surface area contributed by atoms with Crippen LogP contribution in [0, 0.1) is 5.92 Å². The van der Waals surface area contributed by atoms with Crippen molar-refractivity contribution in [1.29, 1.82) is 0 Å². The van der Waals surface area contributed by atoms with Crippen LogP contribution < -0.4 is 5.32 Å². The second kappa shape index (κ2) is 5.70. The van der Waals surface area contributed by atoms with Crippen molar-refractivity contribution in [1.82, 2.24) is 4.98 Å². The first-order valence-corrected chi connectivity index (χ1v) is 7.62. The van der Waals surface area contributed by atoms with Crippen molar-refractivity contribution >= 4 is 16.6 Å². The van der Waals surface area contributed by atoms with E-state index in [0.29, 0.717) is 11.8 Å². The lowest BCUT2D eigenvalue weighted by molar-refractivity contribution is 0.317. The zero-order chi connectivity index (χ0) is 13.9. The highest BCUT2D eigenvalue weighted by Crippen LogP contribution is 2.31.